The Morgan fingerprint density at radius 1 is 1.25 bits per heavy atom. The molecule has 2 aliphatic rings. The molecule has 0 bridgehead atoms. The molecule has 3 nitrogen and oxygen atoms in total. The molecule has 156 valence electrons. The normalized spacial score (nSPS) is 29.6. The summed E-state index contributed by atoms with van der Waals surface area (Å²) in [5.41, 5.74) is 1.53. The number of morpholine rings is 1. The summed E-state index contributed by atoms with van der Waals surface area (Å²) in [7, 11) is 0. The molecular formula is C24H37ClN2O. The first-order chi connectivity index (χ1) is 13.6. The standard InChI is InChI=1S/C24H37ClN2O/c1-4-6-14-27(13-5-2)24(21-7-9-22(25)10-8-21)12-11-23(20(3)19-24)26-15-17-28-18-16-26/h4,6-10,20,23H,5,11-19H2,1-3H3. The Morgan fingerprint density at radius 2 is 1.96 bits per heavy atom. The third-order valence-corrected chi connectivity index (χ3v) is 6.98. The molecule has 2 fully saturated rings. The van der Waals surface area contributed by atoms with E-state index in [1.807, 2.05) is 0 Å². The molecule has 3 atom stereocenters. The van der Waals surface area contributed by atoms with E-state index in [4.69, 9.17) is 16.3 Å². The van der Waals surface area contributed by atoms with Gasteiger partial charge in [0, 0.05) is 36.2 Å². The predicted octanol–water partition coefficient (Wildman–Crippen LogP) is 5.34. The maximum atomic E-state index is 6.23. The Bertz CT molecular complexity index is 626. The smallest absolute Gasteiger partial charge is 0.0594 e. The second-order valence-corrected chi connectivity index (χ2v) is 8.93. The monoisotopic (exact) mass is 404 g/mol. The van der Waals surface area contributed by atoms with Gasteiger partial charge in [0.05, 0.1) is 13.2 Å². The molecule has 1 aliphatic heterocycles. The Balaban J connectivity index is 1.89. The van der Waals surface area contributed by atoms with Crippen molar-refractivity contribution >= 4 is 11.6 Å². The van der Waals surface area contributed by atoms with Crippen molar-refractivity contribution in [3.05, 3.63) is 47.0 Å². The largest absolute Gasteiger partial charge is 0.379 e. The van der Waals surface area contributed by atoms with Crippen molar-refractivity contribution in [1.82, 2.24) is 9.80 Å². The van der Waals surface area contributed by atoms with Gasteiger partial charge in [-0.2, -0.15) is 0 Å². The number of allylic oxidation sites excluding steroid dienone is 1. The van der Waals surface area contributed by atoms with Crippen LogP contribution in [-0.4, -0.2) is 55.2 Å². The summed E-state index contributed by atoms with van der Waals surface area (Å²) >= 11 is 6.23. The molecule has 0 spiro atoms. The van der Waals surface area contributed by atoms with E-state index in [-0.39, 0.29) is 5.54 Å². The zero-order chi connectivity index (χ0) is 20.0. The summed E-state index contributed by atoms with van der Waals surface area (Å²) in [5.74, 6) is 0.660. The lowest BCUT2D eigenvalue weighted by atomic mass is 9.68. The maximum absolute atomic E-state index is 6.23. The number of halogens is 1. The molecule has 0 amide bonds. The molecule has 1 aliphatic carbocycles. The van der Waals surface area contributed by atoms with Gasteiger partial charge in [0.15, 0.2) is 0 Å². The summed E-state index contributed by atoms with van der Waals surface area (Å²) in [4.78, 5) is 5.40. The van der Waals surface area contributed by atoms with E-state index < -0.39 is 0 Å². The van der Waals surface area contributed by atoms with Gasteiger partial charge in [-0.25, -0.2) is 0 Å². The van der Waals surface area contributed by atoms with Gasteiger partial charge >= 0.3 is 0 Å². The number of hydrogen-bond acceptors (Lipinski definition) is 3. The highest BCUT2D eigenvalue weighted by atomic mass is 35.5. The highest BCUT2D eigenvalue weighted by Crippen LogP contribution is 2.46. The molecule has 1 aromatic carbocycles. The minimum Gasteiger partial charge on any atom is -0.379 e. The van der Waals surface area contributed by atoms with Crippen molar-refractivity contribution in [2.24, 2.45) is 5.92 Å². The van der Waals surface area contributed by atoms with Crippen molar-refractivity contribution in [2.75, 3.05) is 39.4 Å². The molecular weight excluding hydrogens is 368 g/mol. The van der Waals surface area contributed by atoms with Crippen LogP contribution in [0.2, 0.25) is 5.02 Å². The molecule has 0 aromatic heterocycles. The average molecular weight is 405 g/mol. The highest BCUT2D eigenvalue weighted by molar-refractivity contribution is 6.30. The fourth-order valence-corrected chi connectivity index (χ4v) is 5.49. The summed E-state index contributed by atoms with van der Waals surface area (Å²) in [5, 5.41) is 0.824. The van der Waals surface area contributed by atoms with E-state index in [0.717, 1.165) is 44.4 Å². The van der Waals surface area contributed by atoms with Crippen LogP contribution in [0.3, 0.4) is 0 Å². The van der Waals surface area contributed by atoms with Gasteiger partial charge in [-0.1, -0.05) is 49.7 Å². The second kappa shape index (κ2) is 10.2. The first-order valence-corrected chi connectivity index (χ1v) is 11.4. The number of ether oxygens (including phenoxy) is 1. The molecule has 1 saturated heterocycles. The third kappa shape index (κ3) is 4.81. The van der Waals surface area contributed by atoms with Crippen LogP contribution in [0, 0.1) is 5.92 Å². The van der Waals surface area contributed by atoms with E-state index in [0.29, 0.717) is 12.0 Å². The van der Waals surface area contributed by atoms with Gasteiger partial charge in [-0.05, 0) is 62.8 Å². The molecule has 4 heteroatoms. The number of rotatable bonds is 7. The Morgan fingerprint density at radius 3 is 2.57 bits per heavy atom. The Labute approximate surface area is 176 Å². The van der Waals surface area contributed by atoms with Crippen molar-refractivity contribution < 1.29 is 4.74 Å². The summed E-state index contributed by atoms with van der Waals surface area (Å²) < 4.78 is 5.59. The van der Waals surface area contributed by atoms with E-state index in [1.54, 1.807) is 0 Å². The molecule has 3 unspecified atom stereocenters. The number of nitrogens with zero attached hydrogens (tertiary/aromatic N) is 2. The van der Waals surface area contributed by atoms with Crippen LogP contribution >= 0.6 is 11.6 Å². The molecule has 1 heterocycles. The van der Waals surface area contributed by atoms with Crippen LogP contribution in [0.15, 0.2) is 36.4 Å². The van der Waals surface area contributed by atoms with Gasteiger partial charge in [0.2, 0.25) is 0 Å². The zero-order valence-corrected chi connectivity index (χ0v) is 18.6. The molecule has 0 N–H and O–H groups in total. The van der Waals surface area contributed by atoms with Crippen molar-refractivity contribution in [3.8, 4) is 0 Å². The zero-order valence-electron chi connectivity index (χ0n) is 17.9. The minimum absolute atomic E-state index is 0.0995. The maximum Gasteiger partial charge on any atom is 0.0594 e. The minimum atomic E-state index is 0.0995. The van der Waals surface area contributed by atoms with E-state index >= 15 is 0 Å². The van der Waals surface area contributed by atoms with Crippen LogP contribution in [0.1, 0.15) is 52.0 Å². The van der Waals surface area contributed by atoms with E-state index in [9.17, 15) is 0 Å². The van der Waals surface area contributed by atoms with E-state index in [2.05, 4.69) is 67.0 Å². The lowest BCUT2D eigenvalue weighted by Gasteiger charge is -2.53. The molecule has 28 heavy (non-hydrogen) atoms. The van der Waals surface area contributed by atoms with Crippen molar-refractivity contribution in [3.63, 3.8) is 0 Å². The molecule has 3 rings (SSSR count). The fourth-order valence-electron chi connectivity index (χ4n) is 5.37. The van der Waals surface area contributed by atoms with Gasteiger partial charge in [0.1, 0.15) is 0 Å². The van der Waals surface area contributed by atoms with Crippen LogP contribution < -0.4 is 0 Å². The predicted molar refractivity (Wildman–Crippen MR) is 119 cm³/mol. The van der Waals surface area contributed by atoms with Crippen molar-refractivity contribution in [1.29, 1.82) is 0 Å². The van der Waals surface area contributed by atoms with Crippen LogP contribution in [0.25, 0.3) is 0 Å². The lowest BCUT2D eigenvalue weighted by molar-refractivity contribution is -0.0406. The van der Waals surface area contributed by atoms with Crippen molar-refractivity contribution in [2.45, 2.75) is 58.0 Å². The molecule has 1 saturated carbocycles. The summed E-state index contributed by atoms with van der Waals surface area (Å²) in [6.45, 7) is 13.0. The third-order valence-electron chi connectivity index (χ3n) is 6.73. The number of benzene rings is 1. The van der Waals surface area contributed by atoms with Gasteiger partial charge in [0.25, 0.3) is 0 Å². The Kier molecular flexibility index (Phi) is 7.99. The lowest BCUT2D eigenvalue weighted by Crippen LogP contribution is -2.56. The summed E-state index contributed by atoms with van der Waals surface area (Å²) in [6, 6.07) is 9.34. The topological polar surface area (TPSA) is 15.7 Å². The van der Waals surface area contributed by atoms with Gasteiger partial charge in [-0.15, -0.1) is 0 Å². The van der Waals surface area contributed by atoms with Crippen LogP contribution in [0.4, 0.5) is 0 Å². The first-order valence-electron chi connectivity index (χ1n) is 11.0. The summed E-state index contributed by atoms with van der Waals surface area (Å²) in [6.07, 6.45) is 9.33. The average Bonchev–Trinajstić information content (AvgIpc) is 2.72. The quantitative estimate of drug-likeness (QED) is 0.570. The second-order valence-electron chi connectivity index (χ2n) is 8.49. The van der Waals surface area contributed by atoms with Gasteiger partial charge in [-0.3, -0.25) is 9.80 Å². The Hall–Kier alpha value is -0.870. The SMILES string of the molecule is CC=CCN(CCC)C1(c2ccc(Cl)cc2)CCC(N2CCOCC2)C(C)C1. The first kappa shape index (κ1) is 21.8. The highest BCUT2D eigenvalue weighted by Gasteiger charge is 2.45. The molecule has 1 aromatic rings. The number of hydrogen-bond donors (Lipinski definition) is 0. The molecule has 0 radical (unpaired) electrons. The van der Waals surface area contributed by atoms with Crippen LogP contribution in [0.5, 0.6) is 0 Å². The van der Waals surface area contributed by atoms with E-state index in [1.165, 1.54) is 31.2 Å². The van der Waals surface area contributed by atoms with Crippen LogP contribution in [-0.2, 0) is 10.3 Å². The van der Waals surface area contributed by atoms with Gasteiger partial charge < -0.3 is 4.74 Å². The fraction of sp³-hybridized carbons (Fsp3) is 0.667.